The lowest BCUT2D eigenvalue weighted by Gasteiger charge is -2.21. The average Bonchev–Trinajstić information content (AvgIpc) is 3.67. The summed E-state index contributed by atoms with van der Waals surface area (Å²) >= 11 is 0. The van der Waals surface area contributed by atoms with Crippen molar-refractivity contribution in [1.82, 2.24) is 10.6 Å². The molecule has 2 aromatic rings. The van der Waals surface area contributed by atoms with Gasteiger partial charge in [0.2, 0.25) is 6.41 Å². The van der Waals surface area contributed by atoms with Crippen LogP contribution in [0, 0.1) is 6.92 Å². The number of oxime groups is 1. The van der Waals surface area contributed by atoms with E-state index in [0.29, 0.717) is 24.3 Å². The summed E-state index contributed by atoms with van der Waals surface area (Å²) < 4.78 is 0. The summed E-state index contributed by atoms with van der Waals surface area (Å²) in [5.74, 6) is 0.760. The first-order valence-corrected chi connectivity index (χ1v) is 11.4. The lowest BCUT2D eigenvalue weighted by molar-refractivity contribution is -0.108. The summed E-state index contributed by atoms with van der Waals surface area (Å²) in [6.45, 7) is 2.10. The van der Waals surface area contributed by atoms with Crippen LogP contribution in [0.5, 0.6) is 0 Å². The maximum atomic E-state index is 12.2. The number of amidine groups is 1. The largest absolute Gasteiger partial charge is 0.397 e. The number of hydrogen-bond acceptors (Lipinski definition) is 5. The monoisotopic (exact) mass is 447 g/mol. The highest BCUT2D eigenvalue weighted by molar-refractivity contribution is 6.21. The van der Waals surface area contributed by atoms with Crippen LogP contribution in [0.2, 0.25) is 0 Å². The molecule has 0 heterocycles. The smallest absolute Gasteiger partial charge is 0.212 e. The number of rotatable bonds is 12. The summed E-state index contributed by atoms with van der Waals surface area (Å²) in [5, 5.41) is 9.80. The Hall–Kier alpha value is -3.25. The Labute approximate surface area is 196 Å². The second-order valence-electron chi connectivity index (χ2n) is 8.51. The Morgan fingerprint density at radius 2 is 1.94 bits per heavy atom. The highest BCUT2D eigenvalue weighted by atomic mass is 16.6. The van der Waals surface area contributed by atoms with Gasteiger partial charge >= 0.3 is 0 Å². The van der Waals surface area contributed by atoms with Crippen LogP contribution in [0.4, 0.5) is 0 Å². The van der Waals surface area contributed by atoms with E-state index in [1.807, 2.05) is 7.05 Å². The third kappa shape index (κ3) is 6.86. The lowest BCUT2D eigenvalue weighted by Crippen LogP contribution is -2.29. The van der Waals surface area contributed by atoms with E-state index in [1.54, 1.807) is 0 Å². The van der Waals surface area contributed by atoms with Gasteiger partial charge in [0, 0.05) is 6.04 Å². The fourth-order valence-electron chi connectivity index (χ4n) is 4.13. The number of carbonyl (C=O) groups is 2. The van der Waals surface area contributed by atoms with Gasteiger partial charge in [-0.15, -0.1) is 0 Å². The number of benzene rings is 2. The molecule has 0 aliphatic heterocycles. The van der Waals surface area contributed by atoms with Crippen LogP contribution in [0.25, 0.3) is 5.57 Å². The van der Waals surface area contributed by atoms with Gasteiger partial charge in [-0.25, -0.2) is 0 Å². The van der Waals surface area contributed by atoms with Crippen molar-refractivity contribution in [2.24, 2.45) is 5.16 Å². The molecule has 2 aromatic carbocycles. The molecule has 3 rings (SSSR count). The van der Waals surface area contributed by atoms with Gasteiger partial charge < -0.3 is 15.5 Å². The number of hydrogen-bond donors (Lipinski definition) is 2. The molecule has 1 fully saturated rings. The number of aldehydes is 1. The number of aryl methyl sites for hydroxylation is 2. The molecule has 0 radical (unpaired) electrons. The van der Waals surface area contributed by atoms with Crippen LogP contribution >= 0.6 is 0 Å². The molecule has 0 bridgehead atoms. The van der Waals surface area contributed by atoms with Crippen LogP contribution < -0.4 is 10.6 Å². The van der Waals surface area contributed by atoms with Gasteiger partial charge in [0.25, 0.3) is 0 Å². The van der Waals surface area contributed by atoms with Crippen LogP contribution in [0.15, 0.2) is 59.3 Å². The summed E-state index contributed by atoms with van der Waals surface area (Å²) in [5.41, 5.74) is 5.93. The second-order valence-corrected chi connectivity index (χ2v) is 8.51. The van der Waals surface area contributed by atoms with Gasteiger partial charge in [0.1, 0.15) is 7.11 Å². The lowest BCUT2D eigenvalue weighted by atomic mass is 9.90. The van der Waals surface area contributed by atoms with Crippen molar-refractivity contribution in [2.45, 2.75) is 51.0 Å². The maximum Gasteiger partial charge on any atom is 0.212 e. The van der Waals surface area contributed by atoms with Gasteiger partial charge in [-0.05, 0) is 74.3 Å². The molecule has 174 valence electrons. The fourth-order valence-corrected chi connectivity index (χ4v) is 4.13. The van der Waals surface area contributed by atoms with Crippen molar-refractivity contribution in [3.05, 3.63) is 76.4 Å². The number of amides is 1. The Bertz CT molecular complexity index is 1010. The molecule has 2 N–H and O–H groups in total. The number of nitrogens with one attached hydrogen (secondary N) is 2. The Balaban J connectivity index is 1.92. The van der Waals surface area contributed by atoms with Crippen LogP contribution in [0.3, 0.4) is 0 Å². The van der Waals surface area contributed by atoms with Crippen LogP contribution in [0.1, 0.15) is 53.9 Å². The van der Waals surface area contributed by atoms with E-state index in [9.17, 15) is 9.59 Å². The van der Waals surface area contributed by atoms with Crippen molar-refractivity contribution in [2.75, 3.05) is 14.2 Å². The fraction of sp³-hybridized carbons (Fsp3) is 0.370. The molecule has 33 heavy (non-hydrogen) atoms. The zero-order valence-electron chi connectivity index (χ0n) is 19.6. The van der Waals surface area contributed by atoms with Gasteiger partial charge in [0.15, 0.2) is 12.1 Å². The Kier molecular flexibility index (Phi) is 8.95. The minimum atomic E-state index is 0.109. The highest BCUT2D eigenvalue weighted by Gasteiger charge is 2.24. The first kappa shape index (κ1) is 24.4. The molecule has 1 saturated carbocycles. The van der Waals surface area contributed by atoms with E-state index in [1.165, 1.54) is 36.6 Å². The molecule has 6 heteroatoms. The normalized spacial score (nSPS) is 15.4. The summed E-state index contributed by atoms with van der Waals surface area (Å²) in [6.07, 6.45) is 6.13. The van der Waals surface area contributed by atoms with Gasteiger partial charge in [-0.1, -0.05) is 59.3 Å². The van der Waals surface area contributed by atoms with Crippen molar-refractivity contribution in [3.8, 4) is 0 Å². The topological polar surface area (TPSA) is 79.8 Å². The predicted octanol–water partition coefficient (Wildman–Crippen LogP) is 4.14. The third-order valence-electron chi connectivity index (χ3n) is 6.11. The summed E-state index contributed by atoms with van der Waals surface area (Å²) in [4.78, 5) is 28.3. The highest BCUT2D eigenvalue weighted by Crippen LogP contribution is 2.40. The molecular weight excluding hydrogens is 414 g/mol. The first-order chi connectivity index (χ1) is 16.1. The molecule has 1 aliphatic carbocycles. The standard InChI is InChI=1S/C27H33N3O3/c1-19-5-4-6-20(15-19)7-14-24(28-2)16-25(26(17-31)27(29-18-32)30-33-3)23-12-10-22(11-13-23)21-8-9-21/h4-6,10-13,15,17-18,21,24,28H,7-9,14,16H2,1-3H3,(H,29,30,32)/b26-25-/t24-/m0/s1. The van der Waals surface area contributed by atoms with Crippen LogP contribution in [-0.2, 0) is 20.8 Å². The quantitative estimate of drug-likeness (QED) is 0.168. The van der Waals surface area contributed by atoms with E-state index < -0.39 is 0 Å². The molecule has 0 unspecified atom stereocenters. The van der Waals surface area contributed by atoms with E-state index in [2.05, 4.69) is 71.2 Å². The van der Waals surface area contributed by atoms with E-state index in [0.717, 1.165) is 30.3 Å². The molecular formula is C27H33N3O3. The van der Waals surface area contributed by atoms with Crippen molar-refractivity contribution in [3.63, 3.8) is 0 Å². The van der Waals surface area contributed by atoms with E-state index >= 15 is 0 Å². The molecule has 0 spiro atoms. The molecule has 1 atom stereocenters. The summed E-state index contributed by atoms with van der Waals surface area (Å²) in [7, 11) is 3.32. The Morgan fingerprint density at radius 1 is 1.18 bits per heavy atom. The summed E-state index contributed by atoms with van der Waals surface area (Å²) in [6, 6.07) is 17.0. The second kappa shape index (κ2) is 12.1. The van der Waals surface area contributed by atoms with Crippen molar-refractivity contribution >= 4 is 24.1 Å². The maximum absolute atomic E-state index is 12.2. The number of nitrogens with zero attached hydrogens (tertiary/aromatic N) is 1. The van der Waals surface area contributed by atoms with Crippen molar-refractivity contribution < 1.29 is 14.4 Å². The molecule has 1 aliphatic rings. The zero-order chi connectivity index (χ0) is 23.6. The minimum absolute atomic E-state index is 0.109. The van der Waals surface area contributed by atoms with Gasteiger partial charge in [-0.2, -0.15) is 0 Å². The van der Waals surface area contributed by atoms with E-state index in [-0.39, 0.29) is 11.9 Å². The van der Waals surface area contributed by atoms with Gasteiger partial charge in [0.05, 0.1) is 5.57 Å². The SMILES string of the molecule is CN[C@@H](CCc1cccc(C)c1)C/C(=C(C=O)/C(=N/OC)NC=O)c1ccc(C2CC2)cc1. The third-order valence-corrected chi connectivity index (χ3v) is 6.11. The molecule has 6 nitrogen and oxygen atoms in total. The zero-order valence-corrected chi connectivity index (χ0v) is 19.6. The van der Waals surface area contributed by atoms with E-state index in [4.69, 9.17) is 4.84 Å². The molecule has 0 saturated heterocycles. The predicted molar refractivity (Wildman–Crippen MR) is 132 cm³/mol. The van der Waals surface area contributed by atoms with Crippen molar-refractivity contribution in [1.29, 1.82) is 0 Å². The minimum Gasteiger partial charge on any atom is -0.397 e. The van der Waals surface area contributed by atoms with Crippen LogP contribution in [-0.4, -0.2) is 38.7 Å². The molecule has 1 amide bonds. The Morgan fingerprint density at radius 3 is 2.52 bits per heavy atom. The average molecular weight is 448 g/mol. The first-order valence-electron chi connectivity index (χ1n) is 11.4. The molecule has 0 aromatic heterocycles. The van der Waals surface area contributed by atoms with Gasteiger partial charge in [-0.3, -0.25) is 9.59 Å². The number of carbonyl (C=O) groups excluding carboxylic acids is 2.